The highest BCUT2D eigenvalue weighted by atomic mass is 16.5. The molecule has 0 spiro atoms. The molecule has 2 aromatic rings. The summed E-state index contributed by atoms with van der Waals surface area (Å²) in [5.74, 6) is 0.951. The fourth-order valence-corrected chi connectivity index (χ4v) is 3.51. The number of rotatable bonds is 10. The molecule has 0 bridgehead atoms. The van der Waals surface area contributed by atoms with Gasteiger partial charge in [-0.2, -0.15) is 0 Å². The van der Waals surface area contributed by atoms with Crippen LogP contribution in [0.3, 0.4) is 0 Å². The van der Waals surface area contributed by atoms with Crippen LogP contribution in [0, 0.1) is 0 Å². The van der Waals surface area contributed by atoms with Crippen LogP contribution in [-0.2, 0) is 27.2 Å². The van der Waals surface area contributed by atoms with E-state index in [9.17, 15) is 9.59 Å². The number of hydrogen-bond donors (Lipinski definition) is 3. The number of nitrogens with one attached hydrogen (secondary N) is 3. The monoisotopic (exact) mass is 426 g/mol. The van der Waals surface area contributed by atoms with E-state index in [1.54, 1.807) is 0 Å². The van der Waals surface area contributed by atoms with Gasteiger partial charge in [-0.15, -0.1) is 0 Å². The first-order valence-corrected chi connectivity index (χ1v) is 10.6. The van der Waals surface area contributed by atoms with E-state index in [1.165, 1.54) is 7.11 Å². The van der Waals surface area contributed by atoms with Crippen LogP contribution >= 0.6 is 0 Å². The summed E-state index contributed by atoms with van der Waals surface area (Å²) < 4.78 is 10.7. The zero-order valence-corrected chi connectivity index (χ0v) is 18.0. The topological polar surface area (TPSA) is 102 Å². The van der Waals surface area contributed by atoms with Crippen LogP contribution < -0.4 is 20.7 Å². The summed E-state index contributed by atoms with van der Waals surface area (Å²) in [6.45, 7) is 1.33. The molecule has 3 rings (SSSR count). The maximum Gasteiger partial charge on any atom is 0.328 e. The van der Waals surface area contributed by atoms with Gasteiger partial charge < -0.3 is 25.4 Å². The Labute approximate surface area is 182 Å². The van der Waals surface area contributed by atoms with Crippen molar-refractivity contribution in [2.24, 2.45) is 0 Å². The van der Waals surface area contributed by atoms with Gasteiger partial charge in [-0.1, -0.05) is 18.2 Å². The molecule has 1 aliphatic rings. The molecule has 0 aliphatic carbocycles. The number of hydrogen-bond acceptors (Lipinski definition) is 7. The molecular weight excluding hydrogens is 396 g/mol. The maximum absolute atomic E-state index is 12.4. The normalized spacial score (nSPS) is 16.4. The molecular formula is C23H30N4O4. The lowest BCUT2D eigenvalue weighted by Crippen LogP contribution is -2.49. The third-order valence-electron chi connectivity index (χ3n) is 5.23. The minimum atomic E-state index is -0.725. The van der Waals surface area contributed by atoms with Gasteiger partial charge in [-0.05, 0) is 49.2 Å². The molecule has 1 unspecified atom stereocenters. The number of ether oxygens (including phenoxy) is 2. The molecule has 1 aliphatic heterocycles. The van der Waals surface area contributed by atoms with Crippen molar-refractivity contribution in [3.05, 3.63) is 53.7 Å². The molecule has 0 saturated carbocycles. The Bertz CT molecular complexity index is 866. The number of anilines is 1. The van der Waals surface area contributed by atoms with Gasteiger partial charge in [0.2, 0.25) is 5.91 Å². The average molecular weight is 427 g/mol. The van der Waals surface area contributed by atoms with Crippen LogP contribution in [0.4, 0.5) is 5.82 Å². The van der Waals surface area contributed by atoms with Crippen molar-refractivity contribution in [2.45, 2.75) is 37.8 Å². The Morgan fingerprint density at radius 1 is 1.23 bits per heavy atom. The molecule has 166 valence electrons. The molecule has 1 fully saturated rings. The van der Waals surface area contributed by atoms with Crippen molar-refractivity contribution in [3.8, 4) is 5.75 Å². The van der Waals surface area contributed by atoms with Gasteiger partial charge in [0, 0.05) is 25.6 Å². The molecule has 8 nitrogen and oxygen atoms in total. The van der Waals surface area contributed by atoms with Gasteiger partial charge in [0.05, 0.1) is 19.8 Å². The summed E-state index contributed by atoms with van der Waals surface area (Å²) in [5, 5.41) is 8.98. The second-order valence-electron chi connectivity index (χ2n) is 7.44. The summed E-state index contributed by atoms with van der Waals surface area (Å²) in [6, 6.07) is 12.4. The zero-order valence-electron chi connectivity index (χ0n) is 18.0. The number of carbonyl (C=O) groups excluding carboxylic acids is 2. The fraction of sp³-hybridized carbons (Fsp3) is 0.435. The number of nitrogens with zero attached hydrogens (tertiary/aromatic N) is 1. The van der Waals surface area contributed by atoms with E-state index in [0.717, 1.165) is 42.2 Å². The van der Waals surface area contributed by atoms with Crippen LogP contribution in [0.2, 0.25) is 0 Å². The van der Waals surface area contributed by atoms with Crippen LogP contribution in [0.1, 0.15) is 24.1 Å². The van der Waals surface area contributed by atoms with Crippen LogP contribution in [0.25, 0.3) is 0 Å². The predicted molar refractivity (Wildman–Crippen MR) is 118 cm³/mol. The Morgan fingerprint density at radius 3 is 2.71 bits per heavy atom. The van der Waals surface area contributed by atoms with Gasteiger partial charge in [0.1, 0.15) is 17.6 Å². The fourth-order valence-electron chi connectivity index (χ4n) is 3.51. The van der Waals surface area contributed by atoms with Crippen molar-refractivity contribution in [3.63, 3.8) is 0 Å². The van der Waals surface area contributed by atoms with E-state index in [1.807, 2.05) is 49.5 Å². The Kier molecular flexibility index (Phi) is 8.23. The van der Waals surface area contributed by atoms with Gasteiger partial charge in [0.25, 0.3) is 0 Å². The average Bonchev–Trinajstić information content (AvgIpc) is 3.34. The minimum absolute atomic E-state index is 0.163. The van der Waals surface area contributed by atoms with Crippen LogP contribution in [-0.4, -0.2) is 56.3 Å². The van der Waals surface area contributed by atoms with Crippen molar-refractivity contribution < 1.29 is 19.1 Å². The number of methoxy groups -OCH3 is 1. The second-order valence-corrected chi connectivity index (χ2v) is 7.44. The molecule has 2 atom stereocenters. The first-order chi connectivity index (χ1) is 15.1. The van der Waals surface area contributed by atoms with Crippen molar-refractivity contribution >= 4 is 17.7 Å². The number of carbonyl (C=O) groups is 2. The molecule has 3 N–H and O–H groups in total. The molecule has 1 aromatic carbocycles. The zero-order chi connectivity index (χ0) is 22.1. The van der Waals surface area contributed by atoms with E-state index in [-0.39, 0.29) is 11.9 Å². The highest BCUT2D eigenvalue weighted by molar-refractivity contribution is 5.87. The first kappa shape index (κ1) is 22.6. The Morgan fingerprint density at radius 2 is 2.03 bits per heavy atom. The SMILES string of the molecule is CNc1cccc(CCOc2ccc(C[C@H](NC(=O)C3CCCN3)C(=O)OC)cc2)n1. The maximum atomic E-state index is 12.4. The van der Waals surface area contributed by atoms with E-state index in [2.05, 4.69) is 20.9 Å². The summed E-state index contributed by atoms with van der Waals surface area (Å²) in [5.41, 5.74) is 1.86. The lowest BCUT2D eigenvalue weighted by atomic mass is 10.0. The van der Waals surface area contributed by atoms with E-state index in [4.69, 9.17) is 9.47 Å². The quantitative estimate of drug-likeness (QED) is 0.497. The Balaban J connectivity index is 1.52. The number of esters is 1. The molecule has 31 heavy (non-hydrogen) atoms. The van der Waals surface area contributed by atoms with Crippen molar-refractivity contribution in [2.75, 3.05) is 32.6 Å². The van der Waals surface area contributed by atoms with E-state index < -0.39 is 12.0 Å². The first-order valence-electron chi connectivity index (χ1n) is 10.6. The van der Waals surface area contributed by atoms with Gasteiger partial charge >= 0.3 is 5.97 Å². The number of benzene rings is 1. The largest absolute Gasteiger partial charge is 0.493 e. The van der Waals surface area contributed by atoms with E-state index in [0.29, 0.717) is 19.4 Å². The molecule has 2 heterocycles. The lowest BCUT2D eigenvalue weighted by Gasteiger charge is -2.19. The molecule has 1 saturated heterocycles. The van der Waals surface area contributed by atoms with Gasteiger partial charge in [0.15, 0.2) is 0 Å². The predicted octanol–water partition coefficient (Wildman–Crippen LogP) is 1.70. The minimum Gasteiger partial charge on any atom is -0.493 e. The summed E-state index contributed by atoms with van der Waals surface area (Å²) in [7, 11) is 3.17. The lowest BCUT2D eigenvalue weighted by molar-refractivity contribution is -0.145. The number of amides is 1. The standard InChI is InChI=1S/C23H30N4O4/c1-24-21-7-3-5-17(26-21)12-14-31-18-10-8-16(9-11-18)15-20(23(29)30-2)27-22(28)19-6-4-13-25-19/h3,5,7-11,19-20,25H,4,6,12-15H2,1-2H3,(H,24,26)(H,27,28)/t19?,20-/m0/s1. The third kappa shape index (κ3) is 6.68. The summed E-state index contributed by atoms with van der Waals surface area (Å²) in [4.78, 5) is 29.0. The second kappa shape index (κ2) is 11.3. The number of pyridine rings is 1. The molecule has 8 heteroatoms. The van der Waals surface area contributed by atoms with Crippen LogP contribution in [0.15, 0.2) is 42.5 Å². The highest BCUT2D eigenvalue weighted by Crippen LogP contribution is 2.15. The van der Waals surface area contributed by atoms with Crippen LogP contribution in [0.5, 0.6) is 5.75 Å². The van der Waals surface area contributed by atoms with E-state index >= 15 is 0 Å². The summed E-state index contributed by atoms with van der Waals surface area (Å²) >= 11 is 0. The van der Waals surface area contributed by atoms with Gasteiger partial charge in [-0.25, -0.2) is 9.78 Å². The van der Waals surface area contributed by atoms with Crippen molar-refractivity contribution in [1.82, 2.24) is 15.6 Å². The summed E-state index contributed by atoms with van der Waals surface area (Å²) in [6.07, 6.45) is 2.79. The van der Waals surface area contributed by atoms with Crippen molar-refractivity contribution in [1.29, 1.82) is 0 Å². The highest BCUT2D eigenvalue weighted by Gasteiger charge is 2.28. The smallest absolute Gasteiger partial charge is 0.328 e. The third-order valence-corrected chi connectivity index (χ3v) is 5.23. The molecule has 1 amide bonds. The molecule has 0 radical (unpaired) electrons. The molecule has 1 aromatic heterocycles. The Hall–Kier alpha value is -3.13. The van der Waals surface area contributed by atoms with Gasteiger partial charge in [-0.3, -0.25) is 4.79 Å². The number of aromatic nitrogens is 1.